The number of H-pyrrole nitrogens is 1. The molecule has 20 heavy (non-hydrogen) atoms. The normalized spacial score (nSPS) is 17.0. The third kappa shape index (κ3) is 3.55. The summed E-state index contributed by atoms with van der Waals surface area (Å²) in [6.45, 7) is 0.523. The molecule has 0 atom stereocenters. The highest BCUT2D eigenvalue weighted by molar-refractivity contribution is 5.85. The molecule has 7 heteroatoms. The van der Waals surface area contributed by atoms with E-state index in [0.29, 0.717) is 25.8 Å². The summed E-state index contributed by atoms with van der Waals surface area (Å²) < 4.78 is 0. The predicted octanol–water partition coefficient (Wildman–Crippen LogP) is 0.889. The lowest BCUT2D eigenvalue weighted by molar-refractivity contribution is -0.151. The topological polar surface area (TPSA) is 108 Å². The Kier molecular flexibility index (Phi) is 4.70. The number of hydrogen-bond acceptors (Lipinski definition) is 4. The molecule has 1 aliphatic rings. The fraction of sp³-hybridized carbons (Fsp3) is 0.692. The van der Waals surface area contributed by atoms with Gasteiger partial charge in [0, 0.05) is 19.4 Å². The molecule has 0 saturated heterocycles. The summed E-state index contributed by atoms with van der Waals surface area (Å²) in [5.74, 6) is -0.226. The van der Waals surface area contributed by atoms with E-state index in [9.17, 15) is 14.7 Å². The van der Waals surface area contributed by atoms with Crippen LogP contribution < -0.4 is 5.32 Å². The van der Waals surface area contributed by atoms with Crippen LogP contribution in [0.25, 0.3) is 0 Å². The van der Waals surface area contributed by atoms with Crippen LogP contribution in [0.3, 0.4) is 0 Å². The van der Waals surface area contributed by atoms with Crippen molar-refractivity contribution < 1.29 is 14.7 Å². The van der Waals surface area contributed by atoms with E-state index in [1.165, 1.54) is 6.33 Å². The molecule has 1 saturated carbocycles. The molecule has 1 heterocycles. The molecular weight excluding hydrogens is 260 g/mol. The number of rotatable bonds is 7. The van der Waals surface area contributed by atoms with Crippen LogP contribution in [0.4, 0.5) is 0 Å². The van der Waals surface area contributed by atoms with Crippen LogP contribution in [0, 0.1) is 5.41 Å². The second-order valence-corrected chi connectivity index (χ2v) is 5.36. The highest BCUT2D eigenvalue weighted by atomic mass is 16.4. The monoisotopic (exact) mass is 280 g/mol. The average Bonchev–Trinajstić information content (AvgIpc) is 3.06. The number of amides is 1. The molecule has 0 bridgehead atoms. The van der Waals surface area contributed by atoms with Crippen LogP contribution in [0.1, 0.15) is 44.3 Å². The van der Waals surface area contributed by atoms with Crippen molar-refractivity contribution in [2.24, 2.45) is 5.41 Å². The summed E-state index contributed by atoms with van der Waals surface area (Å²) in [5.41, 5.74) is -0.838. The second kappa shape index (κ2) is 6.49. The van der Waals surface area contributed by atoms with Gasteiger partial charge < -0.3 is 10.4 Å². The number of carbonyl (C=O) groups excluding carboxylic acids is 1. The number of hydrogen-bond donors (Lipinski definition) is 3. The van der Waals surface area contributed by atoms with Crippen molar-refractivity contribution in [2.45, 2.75) is 44.9 Å². The number of aromatic nitrogens is 3. The fourth-order valence-corrected chi connectivity index (χ4v) is 2.72. The highest BCUT2D eigenvalue weighted by Crippen LogP contribution is 2.41. The quantitative estimate of drug-likeness (QED) is 0.643. The first kappa shape index (κ1) is 14.5. The number of aromatic amines is 1. The minimum absolute atomic E-state index is 0.0879. The Labute approximate surface area is 117 Å². The molecule has 3 N–H and O–H groups in total. The summed E-state index contributed by atoms with van der Waals surface area (Å²) in [6, 6.07) is 0. The molecule has 0 unspecified atom stereocenters. The standard InChI is InChI=1S/C13H20N4O3/c18-11(8-13(12(19)20)5-1-2-6-13)14-7-3-4-10-15-9-16-17-10/h9H,1-8H2,(H,14,18)(H,19,20)(H,15,16,17). The van der Waals surface area contributed by atoms with E-state index >= 15 is 0 Å². The minimum atomic E-state index is -0.841. The van der Waals surface area contributed by atoms with E-state index in [2.05, 4.69) is 20.5 Å². The van der Waals surface area contributed by atoms with Crippen molar-refractivity contribution in [3.8, 4) is 0 Å². The molecule has 7 nitrogen and oxygen atoms in total. The highest BCUT2D eigenvalue weighted by Gasteiger charge is 2.42. The first-order chi connectivity index (χ1) is 9.62. The van der Waals surface area contributed by atoms with Crippen molar-refractivity contribution in [1.29, 1.82) is 0 Å². The summed E-state index contributed by atoms with van der Waals surface area (Å²) in [7, 11) is 0. The largest absolute Gasteiger partial charge is 0.481 e. The van der Waals surface area contributed by atoms with Gasteiger partial charge in [0.05, 0.1) is 5.41 Å². The Balaban J connectivity index is 1.70. The van der Waals surface area contributed by atoms with Gasteiger partial charge in [0.15, 0.2) is 0 Å². The minimum Gasteiger partial charge on any atom is -0.481 e. The van der Waals surface area contributed by atoms with Crippen LogP contribution in [-0.2, 0) is 16.0 Å². The average molecular weight is 280 g/mol. The molecule has 0 spiro atoms. The van der Waals surface area contributed by atoms with E-state index in [1.807, 2.05) is 0 Å². The van der Waals surface area contributed by atoms with E-state index in [0.717, 1.165) is 25.1 Å². The molecule has 0 aromatic carbocycles. The van der Waals surface area contributed by atoms with Gasteiger partial charge in [-0.3, -0.25) is 14.7 Å². The van der Waals surface area contributed by atoms with Crippen molar-refractivity contribution in [1.82, 2.24) is 20.5 Å². The predicted molar refractivity (Wildman–Crippen MR) is 70.9 cm³/mol. The summed E-state index contributed by atoms with van der Waals surface area (Å²) in [5, 5.41) is 18.6. The zero-order chi connectivity index (χ0) is 14.4. The lowest BCUT2D eigenvalue weighted by Gasteiger charge is -2.22. The van der Waals surface area contributed by atoms with Gasteiger partial charge in [0.25, 0.3) is 0 Å². The van der Waals surface area contributed by atoms with Gasteiger partial charge in [-0.05, 0) is 19.3 Å². The van der Waals surface area contributed by atoms with Crippen molar-refractivity contribution in [2.75, 3.05) is 6.54 Å². The first-order valence-corrected chi connectivity index (χ1v) is 6.97. The first-order valence-electron chi connectivity index (χ1n) is 6.97. The van der Waals surface area contributed by atoms with E-state index in [1.54, 1.807) is 0 Å². The van der Waals surface area contributed by atoms with Gasteiger partial charge >= 0.3 is 5.97 Å². The summed E-state index contributed by atoms with van der Waals surface area (Å²) in [4.78, 5) is 27.2. The van der Waals surface area contributed by atoms with Gasteiger partial charge in [-0.15, -0.1) is 0 Å². The Morgan fingerprint density at radius 3 is 2.75 bits per heavy atom. The Morgan fingerprint density at radius 2 is 2.15 bits per heavy atom. The molecular formula is C13H20N4O3. The van der Waals surface area contributed by atoms with Crippen molar-refractivity contribution >= 4 is 11.9 Å². The number of carboxylic acid groups (broad SMARTS) is 1. The van der Waals surface area contributed by atoms with E-state index < -0.39 is 11.4 Å². The molecule has 1 aliphatic carbocycles. The lowest BCUT2D eigenvalue weighted by Crippen LogP contribution is -2.36. The van der Waals surface area contributed by atoms with Gasteiger partial charge in [-0.25, -0.2) is 4.98 Å². The van der Waals surface area contributed by atoms with Crippen molar-refractivity contribution in [3.63, 3.8) is 0 Å². The number of aliphatic carboxylic acids is 1. The number of nitrogens with one attached hydrogen (secondary N) is 2. The number of aryl methyl sites for hydroxylation is 1. The van der Waals surface area contributed by atoms with Crippen LogP contribution in [-0.4, -0.2) is 38.7 Å². The van der Waals surface area contributed by atoms with Gasteiger partial charge in [0.1, 0.15) is 12.2 Å². The molecule has 2 rings (SSSR count). The SMILES string of the molecule is O=C(CC1(C(=O)O)CCCC1)NCCCc1ncn[nH]1. The Hall–Kier alpha value is -1.92. The lowest BCUT2D eigenvalue weighted by atomic mass is 9.82. The smallest absolute Gasteiger partial charge is 0.310 e. The third-order valence-electron chi connectivity index (χ3n) is 3.89. The molecule has 110 valence electrons. The number of carbonyl (C=O) groups is 2. The van der Waals surface area contributed by atoms with E-state index in [-0.39, 0.29) is 12.3 Å². The Bertz CT molecular complexity index is 452. The van der Waals surface area contributed by atoms with Crippen LogP contribution in [0.5, 0.6) is 0 Å². The summed E-state index contributed by atoms with van der Waals surface area (Å²) in [6.07, 6.45) is 6.00. The molecule has 1 aromatic heterocycles. The van der Waals surface area contributed by atoms with Crippen LogP contribution >= 0.6 is 0 Å². The Morgan fingerprint density at radius 1 is 1.40 bits per heavy atom. The molecule has 1 amide bonds. The van der Waals surface area contributed by atoms with Crippen LogP contribution in [0.2, 0.25) is 0 Å². The number of carboxylic acids is 1. The van der Waals surface area contributed by atoms with Gasteiger partial charge in [0.2, 0.25) is 5.91 Å². The maximum atomic E-state index is 11.9. The van der Waals surface area contributed by atoms with Gasteiger partial charge in [-0.2, -0.15) is 5.10 Å². The zero-order valence-corrected chi connectivity index (χ0v) is 11.4. The summed E-state index contributed by atoms with van der Waals surface area (Å²) >= 11 is 0. The maximum Gasteiger partial charge on any atom is 0.310 e. The third-order valence-corrected chi connectivity index (χ3v) is 3.89. The fourth-order valence-electron chi connectivity index (χ4n) is 2.72. The molecule has 1 aromatic rings. The molecule has 1 fully saturated rings. The van der Waals surface area contributed by atoms with Gasteiger partial charge in [-0.1, -0.05) is 12.8 Å². The number of nitrogens with zero attached hydrogens (tertiary/aromatic N) is 2. The zero-order valence-electron chi connectivity index (χ0n) is 11.4. The van der Waals surface area contributed by atoms with Crippen LogP contribution in [0.15, 0.2) is 6.33 Å². The van der Waals surface area contributed by atoms with E-state index in [4.69, 9.17) is 0 Å². The molecule has 0 aliphatic heterocycles. The van der Waals surface area contributed by atoms with Crippen molar-refractivity contribution in [3.05, 3.63) is 12.2 Å². The maximum absolute atomic E-state index is 11.9. The molecule has 0 radical (unpaired) electrons. The second-order valence-electron chi connectivity index (χ2n) is 5.36.